The zero-order valence-corrected chi connectivity index (χ0v) is 17.9. The maximum absolute atomic E-state index is 12.7. The molecule has 0 spiro atoms. The van der Waals surface area contributed by atoms with E-state index in [1.54, 1.807) is 54.6 Å². The maximum atomic E-state index is 12.7. The number of furan rings is 1. The van der Waals surface area contributed by atoms with Gasteiger partial charge in [-0.3, -0.25) is 4.79 Å². The molecule has 1 heterocycles. The lowest BCUT2D eigenvalue weighted by atomic mass is 10.2. The lowest BCUT2D eigenvalue weighted by Gasteiger charge is -2.16. The van der Waals surface area contributed by atoms with E-state index in [2.05, 4.69) is 5.32 Å². The normalized spacial score (nSPS) is 11.5. The van der Waals surface area contributed by atoms with Crippen LogP contribution in [-0.4, -0.2) is 32.3 Å². The Kier molecular flexibility index (Phi) is 6.59. The minimum atomic E-state index is -3.66. The molecule has 0 saturated heterocycles. The average molecular weight is 429 g/mol. The Labute approximate surface area is 176 Å². The number of hydrogen-bond donors (Lipinski definition) is 1. The van der Waals surface area contributed by atoms with Crippen molar-refractivity contribution in [1.29, 1.82) is 0 Å². The molecular formula is C22H24N2O5S. The van der Waals surface area contributed by atoms with Gasteiger partial charge in [-0.15, -0.1) is 0 Å². The summed E-state index contributed by atoms with van der Waals surface area (Å²) in [5.74, 6) is 0.758. The number of carbonyl (C=O) groups is 1. The lowest BCUT2D eigenvalue weighted by Crippen LogP contribution is -2.26. The second kappa shape index (κ2) is 9.15. The van der Waals surface area contributed by atoms with Gasteiger partial charge in [-0.1, -0.05) is 17.7 Å². The van der Waals surface area contributed by atoms with Crippen molar-refractivity contribution in [1.82, 2.24) is 4.31 Å². The number of nitrogens with zero attached hydrogens (tertiary/aromatic N) is 1. The van der Waals surface area contributed by atoms with Crippen LogP contribution in [0.3, 0.4) is 0 Å². The fraction of sp³-hybridized carbons (Fsp3) is 0.227. The predicted octanol–water partition coefficient (Wildman–Crippen LogP) is 4.06. The molecule has 1 aromatic heterocycles. The average Bonchev–Trinajstić information content (AvgIpc) is 3.18. The molecule has 1 N–H and O–H groups in total. The summed E-state index contributed by atoms with van der Waals surface area (Å²) in [6.07, 6.45) is 0. The van der Waals surface area contributed by atoms with Gasteiger partial charge < -0.3 is 14.5 Å². The molecule has 158 valence electrons. The number of ether oxygens (including phenoxy) is 1. The number of carbonyl (C=O) groups excluding carboxylic acids is 1. The number of sulfonamides is 1. The number of rotatable bonds is 8. The Morgan fingerprint density at radius 1 is 1.03 bits per heavy atom. The second-order valence-corrected chi connectivity index (χ2v) is 8.80. The number of anilines is 1. The molecule has 30 heavy (non-hydrogen) atoms. The third-order valence-corrected chi connectivity index (χ3v) is 6.23. The number of amides is 1. The summed E-state index contributed by atoms with van der Waals surface area (Å²) in [6, 6.07) is 16.7. The van der Waals surface area contributed by atoms with Crippen LogP contribution in [0.1, 0.15) is 28.8 Å². The third-order valence-electron chi connectivity index (χ3n) is 4.42. The van der Waals surface area contributed by atoms with E-state index in [4.69, 9.17) is 9.15 Å². The van der Waals surface area contributed by atoms with E-state index in [1.165, 1.54) is 17.4 Å². The molecule has 2 aromatic carbocycles. The molecule has 0 atom stereocenters. The highest BCUT2D eigenvalue weighted by molar-refractivity contribution is 7.89. The standard InChI is InChI=1S/C22H24N2O5S/c1-4-28-18-9-7-17(8-10-18)23-22(25)21-14-11-19(29-21)15-24(3)30(26,27)20-12-5-16(2)6-13-20/h5-14H,4,15H2,1-3H3,(H,23,25). The number of nitrogens with one attached hydrogen (secondary N) is 1. The Balaban J connectivity index is 1.65. The van der Waals surface area contributed by atoms with Gasteiger partial charge in [0.05, 0.1) is 18.0 Å². The van der Waals surface area contributed by atoms with Crippen molar-refractivity contribution >= 4 is 21.6 Å². The van der Waals surface area contributed by atoms with Crippen LogP contribution >= 0.6 is 0 Å². The summed E-state index contributed by atoms with van der Waals surface area (Å²) in [4.78, 5) is 12.6. The summed E-state index contributed by atoms with van der Waals surface area (Å²) in [5.41, 5.74) is 1.58. The van der Waals surface area contributed by atoms with Gasteiger partial charge in [-0.2, -0.15) is 4.31 Å². The van der Waals surface area contributed by atoms with Crippen molar-refractivity contribution in [3.8, 4) is 5.75 Å². The van der Waals surface area contributed by atoms with Gasteiger partial charge >= 0.3 is 0 Å². The predicted molar refractivity (Wildman–Crippen MR) is 114 cm³/mol. The van der Waals surface area contributed by atoms with E-state index in [-0.39, 0.29) is 17.2 Å². The minimum Gasteiger partial charge on any atom is -0.494 e. The van der Waals surface area contributed by atoms with Gasteiger partial charge in [0.25, 0.3) is 5.91 Å². The first-order chi connectivity index (χ1) is 14.3. The Morgan fingerprint density at radius 2 is 1.70 bits per heavy atom. The zero-order valence-electron chi connectivity index (χ0n) is 17.1. The van der Waals surface area contributed by atoms with Crippen LogP contribution in [0.2, 0.25) is 0 Å². The number of hydrogen-bond acceptors (Lipinski definition) is 5. The third kappa shape index (κ3) is 5.08. The highest BCUT2D eigenvalue weighted by Crippen LogP contribution is 2.20. The zero-order chi connectivity index (χ0) is 21.7. The lowest BCUT2D eigenvalue weighted by molar-refractivity contribution is 0.0994. The van der Waals surface area contributed by atoms with E-state index in [1.807, 2.05) is 13.8 Å². The first kappa shape index (κ1) is 21.6. The molecule has 0 aliphatic heterocycles. The van der Waals surface area contributed by atoms with E-state index < -0.39 is 15.9 Å². The second-order valence-electron chi connectivity index (χ2n) is 6.75. The SMILES string of the molecule is CCOc1ccc(NC(=O)c2ccc(CN(C)S(=O)(=O)c3ccc(C)cc3)o2)cc1. The Hall–Kier alpha value is -3.10. The van der Waals surface area contributed by atoms with Gasteiger partial charge in [0.1, 0.15) is 11.5 Å². The van der Waals surface area contributed by atoms with E-state index in [0.29, 0.717) is 23.8 Å². The minimum absolute atomic E-state index is 0.00649. The van der Waals surface area contributed by atoms with Crippen LogP contribution in [0.5, 0.6) is 5.75 Å². The van der Waals surface area contributed by atoms with Crippen LogP contribution in [0, 0.1) is 6.92 Å². The molecule has 3 aromatic rings. The van der Waals surface area contributed by atoms with Crippen LogP contribution in [0.15, 0.2) is 70.0 Å². The van der Waals surface area contributed by atoms with Crippen LogP contribution in [0.25, 0.3) is 0 Å². The van der Waals surface area contributed by atoms with Crippen LogP contribution in [-0.2, 0) is 16.6 Å². The highest BCUT2D eigenvalue weighted by Gasteiger charge is 2.22. The van der Waals surface area contributed by atoms with Gasteiger partial charge in [-0.25, -0.2) is 8.42 Å². The molecule has 0 radical (unpaired) electrons. The van der Waals surface area contributed by atoms with Gasteiger partial charge in [0, 0.05) is 12.7 Å². The molecule has 0 saturated carbocycles. The summed E-state index contributed by atoms with van der Waals surface area (Å²) in [6.45, 7) is 4.36. The smallest absolute Gasteiger partial charge is 0.291 e. The molecule has 8 heteroatoms. The molecule has 0 aliphatic rings. The van der Waals surface area contributed by atoms with Crippen molar-refractivity contribution < 1.29 is 22.4 Å². The fourth-order valence-electron chi connectivity index (χ4n) is 2.77. The van der Waals surface area contributed by atoms with Crippen molar-refractivity contribution in [2.24, 2.45) is 0 Å². The van der Waals surface area contributed by atoms with Gasteiger partial charge in [0.15, 0.2) is 5.76 Å². The summed E-state index contributed by atoms with van der Waals surface area (Å²) >= 11 is 0. The topological polar surface area (TPSA) is 88.9 Å². The van der Waals surface area contributed by atoms with Crippen molar-refractivity contribution in [3.05, 3.63) is 77.7 Å². The number of benzene rings is 2. The molecule has 0 aliphatic carbocycles. The van der Waals surface area contributed by atoms with E-state index in [0.717, 1.165) is 5.56 Å². The van der Waals surface area contributed by atoms with Crippen molar-refractivity contribution in [3.63, 3.8) is 0 Å². The van der Waals surface area contributed by atoms with Gasteiger partial charge in [0.2, 0.25) is 10.0 Å². The molecular weight excluding hydrogens is 404 g/mol. The monoisotopic (exact) mass is 428 g/mol. The fourth-order valence-corrected chi connectivity index (χ4v) is 3.91. The largest absolute Gasteiger partial charge is 0.494 e. The molecule has 0 fully saturated rings. The van der Waals surface area contributed by atoms with Crippen molar-refractivity contribution in [2.75, 3.05) is 19.0 Å². The molecule has 3 rings (SSSR count). The molecule has 0 bridgehead atoms. The van der Waals surface area contributed by atoms with E-state index >= 15 is 0 Å². The Bertz CT molecular complexity index is 1100. The molecule has 7 nitrogen and oxygen atoms in total. The summed E-state index contributed by atoms with van der Waals surface area (Å²) < 4.78 is 37.5. The molecule has 0 unspecified atom stereocenters. The molecule has 1 amide bonds. The first-order valence-electron chi connectivity index (χ1n) is 9.45. The quantitative estimate of drug-likeness (QED) is 0.584. The summed E-state index contributed by atoms with van der Waals surface area (Å²) in [5, 5.41) is 2.74. The van der Waals surface area contributed by atoms with Gasteiger partial charge in [-0.05, 0) is 62.4 Å². The highest BCUT2D eigenvalue weighted by atomic mass is 32.2. The van der Waals surface area contributed by atoms with Crippen LogP contribution in [0.4, 0.5) is 5.69 Å². The number of aryl methyl sites for hydroxylation is 1. The summed E-state index contributed by atoms with van der Waals surface area (Å²) in [7, 11) is -2.19. The van der Waals surface area contributed by atoms with Crippen molar-refractivity contribution in [2.45, 2.75) is 25.3 Å². The maximum Gasteiger partial charge on any atom is 0.291 e. The van der Waals surface area contributed by atoms with Crippen LogP contribution < -0.4 is 10.1 Å². The first-order valence-corrected chi connectivity index (χ1v) is 10.9. The Morgan fingerprint density at radius 3 is 2.33 bits per heavy atom. The van der Waals surface area contributed by atoms with E-state index in [9.17, 15) is 13.2 Å².